The first kappa shape index (κ1) is 53.5. The van der Waals surface area contributed by atoms with Gasteiger partial charge in [0.1, 0.15) is 72.9 Å². The number of rotatable bonds is 23. The number of carbonyl (C=O) groups is 4. The number of carbonyl (C=O) groups excluding carboxylic acids is 3. The zero-order chi connectivity index (χ0) is 48.2. The molecule has 13 N–H and O–H groups in total. The molecule has 0 aromatic heterocycles. The molecule has 0 unspecified atom stereocenters. The Balaban J connectivity index is 1.25. The number of aliphatic carboxylic acids is 1. The monoisotopic (exact) mass is 939 g/mol. The molecule has 3 heterocycles. The first-order chi connectivity index (χ1) is 30.7. The van der Waals surface area contributed by atoms with Crippen molar-refractivity contribution in [2.24, 2.45) is 0 Å². The van der Waals surface area contributed by atoms with Crippen molar-refractivity contribution in [1.29, 1.82) is 0 Å². The van der Waals surface area contributed by atoms with Crippen LogP contribution in [0.1, 0.15) is 45.4 Å². The van der Waals surface area contributed by atoms with E-state index in [1.807, 2.05) is 0 Å². The molecule has 3 aliphatic heterocycles. The second kappa shape index (κ2) is 24.6. The van der Waals surface area contributed by atoms with Gasteiger partial charge < -0.3 is 100.0 Å². The Bertz CT molecular complexity index is 1730. The summed E-state index contributed by atoms with van der Waals surface area (Å²) in [6.45, 7) is -1.87. The van der Waals surface area contributed by atoms with E-state index in [0.29, 0.717) is 12.8 Å². The van der Waals surface area contributed by atoms with Crippen LogP contribution in [0.4, 0.5) is 5.69 Å². The maximum atomic E-state index is 12.6. The van der Waals surface area contributed by atoms with E-state index < -0.39 is 147 Å². The standard InChI is InChI=1S/C38H57N3O24/c1-17(44)40-26-20(45)13-38(37(55)56,65-34(26)27(49)21(46)14-42)60-16-23-28(50)29(51)31(53)36(63-23)64-33-22(15-43)62-35(32(54)30(33)52)59-12-4-11-39-24(47)5-2-3-6-25(48)61-19-9-7-18(8-10-19)41(57)58/h7-10,20-23,26-36,42-43,45-46,49-54H,2-6,11-16H2,1H3,(H,39,47)(H,40,44)(H,55,56)/t20-,21+,22+,23+,26+,27+,28-,29-,30+,31+,32+,33+,34+,35+,36-,38+/m0/s1. The number of nitrogens with one attached hydrogen (secondary N) is 2. The van der Waals surface area contributed by atoms with Crippen LogP contribution in [0.15, 0.2) is 24.3 Å². The van der Waals surface area contributed by atoms with Crippen molar-refractivity contribution in [1.82, 2.24) is 10.6 Å². The summed E-state index contributed by atoms with van der Waals surface area (Å²) in [5.41, 5.74) is -0.158. The average molecular weight is 940 g/mol. The van der Waals surface area contributed by atoms with Crippen LogP contribution in [0.2, 0.25) is 0 Å². The predicted octanol–water partition coefficient (Wildman–Crippen LogP) is -5.62. The lowest BCUT2D eigenvalue weighted by molar-refractivity contribution is -0.384. The molecular formula is C38H57N3O24. The van der Waals surface area contributed by atoms with E-state index in [0.717, 1.165) is 6.92 Å². The molecule has 0 aliphatic carbocycles. The summed E-state index contributed by atoms with van der Waals surface area (Å²) in [4.78, 5) is 58.8. The molecule has 0 saturated carbocycles. The van der Waals surface area contributed by atoms with Crippen LogP contribution in [0, 0.1) is 10.1 Å². The lowest BCUT2D eigenvalue weighted by atomic mass is 9.88. The highest BCUT2D eigenvalue weighted by atomic mass is 16.8. The third kappa shape index (κ3) is 14.2. The van der Waals surface area contributed by atoms with Crippen LogP contribution < -0.4 is 15.4 Å². The minimum atomic E-state index is -2.88. The second-order valence-electron chi connectivity index (χ2n) is 15.5. The van der Waals surface area contributed by atoms with Crippen molar-refractivity contribution in [3.05, 3.63) is 34.4 Å². The van der Waals surface area contributed by atoms with E-state index in [-0.39, 0.29) is 49.8 Å². The van der Waals surface area contributed by atoms with Crippen LogP contribution >= 0.6 is 0 Å². The van der Waals surface area contributed by atoms with Gasteiger partial charge in [-0.05, 0) is 31.4 Å². The smallest absolute Gasteiger partial charge is 0.364 e. The summed E-state index contributed by atoms with van der Waals surface area (Å²) >= 11 is 0. The van der Waals surface area contributed by atoms with Crippen LogP contribution in [0.3, 0.4) is 0 Å². The first-order valence-electron chi connectivity index (χ1n) is 20.5. The number of benzene rings is 1. The van der Waals surface area contributed by atoms with Gasteiger partial charge in [-0.25, -0.2) is 4.79 Å². The highest BCUT2D eigenvalue weighted by molar-refractivity contribution is 5.77. The fraction of sp³-hybridized carbons (Fsp3) is 0.737. The molecule has 3 fully saturated rings. The molecule has 0 bridgehead atoms. The SMILES string of the molecule is CC(=O)N[C@H]1[C@H]([C@H](O)[C@H](O)CO)O[C@@](OC[C@H]2O[C@@H](O[C@H]3[C@H](O)[C@@H](O)[C@H](OCCCNC(=O)CCCCC(=O)Oc4ccc([N+](=O)[O-])cc4)O[C@@H]3CO)[C@H](O)[C@@H](O)[C@H]2O)(C(=O)O)C[C@@H]1O. The molecule has 4 rings (SSSR count). The molecule has 0 radical (unpaired) electrons. The van der Waals surface area contributed by atoms with Gasteiger partial charge in [0, 0.05) is 44.9 Å². The van der Waals surface area contributed by atoms with Gasteiger partial charge in [-0.2, -0.15) is 0 Å². The number of hydrogen-bond donors (Lipinski definition) is 13. The fourth-order valence-corrected chi connectivity index (χ4v) is 7.13. The largest absolute Gasteiger partial charge is 0.477 e. The van der Waals surface area contributed by atoms with Crippen molar-refractivity contribution >= 4 is 29.4 Å². The molecular weight excluding hydrogens is 882 g/mol. The van der Waals surface area contributed by atoms with E-state index in [9.17, 15) is 85.5 Å². The number of non-ortho nitro benzene ring substituents is 1. The van der Waals surface area contributed by atoms with Gasteiger partial charge >= 0.3 is 11.9 Å². The number of aliphatic hydroxyl groups excluding tert-OH is 10. The lowest BCUT2D eigenvalue weighted by Crippen LogP contribution is -2.68. The van der Waals surface area contributed by atoms with Gasteiger partial charge in [-0.15, -0.1) is 0 Å². The number of hydrogen-bond acceptors (Lipinski definition) is 23. The second-order valence-corrected chi connectivity index (χ2v) is 15.5. The Morgan fingerprint density at radius 2 is 1.54 bits per heavy atom. The molecule has 65 heavy (non-hydrogen) atoms. The van der Waals surface area contributed by atoms with Gasteiger partial charge in [0.15, 0.2) is 12.6 Å². The van der Waals surface area contributed by atoms with Crippen LogP contribution in [0.5, 0.6) is 5.75 Å². The third-order valence-electron chi connectivity index (χ3n) is 10.7. The quantitative estimate of drug-likeness (QED) is 0.0160. The van der Waals surface area contributed by atoms with E-state index in [4.69, 9.17) is 33.2 Å². The Morgan fingerprint density at radius 3 is 2.15 bits per heavy atom. The van der Waals surface area contributed by atoms with E-state index >= 15 is 0 Å². The zero-order valence-electron chi connectivity index (χ0n) is 34.9. The van der Waals surface area contributed by atoms with Crippen LogP contribution in [0.25, 0.3) is 0 Å². The fourth-order valence-electron chi connectivity index (χ4n) is 7.13. The topological polar surface area (TPSA) is 423 Å². The molecule has 27 nitrogen and oxygen atoms in total. The number of amides is 2. The van der Waals surface area contributed by atoms with Gasteiger partial charge in [-0.1, -0.05) is 0 Å². The Labute approximate surface area is 369 Å². The minimum Gasteiger partial charge on any atom is -0.477 e. The molecule has 3 saturated heterocycles. The van der Waals surface area contributed by atoms with Crippen molar-refractivity contribution in [2.75, 3.05) is 33.0 Å². The number of esters is 1. The van der Waals surface area contributed by atoms with Gasteiger partial charge in [-0.3, -0.25) is 24.5 Å². The van der Waals surface area contributed by atoms with Crippen molar-refractivity contribution in [3.63, 3.8) is 0 Å². The van der Waals surface area contributed by atoms with Gasteiger partial charge in [0.2, 0.25) is 11.8 Å². The number of nitro groups is 1. The molecule has 3 aliphatic rings. The van der Waals surface area contributed by atoms with E-state index in [1.54, 1.807) is 0 Å². The van der Waals surface area contributed by atoms with Gasteiger partial charge in [0.25, 0.3) is 11.5 Å². The Morgan fingerprint density at radius 1 is 0.892 bits per heavy atom. The van der Waals surface area contributed by atoms with Crippen molar-refractivity contribution in [2.45, 2.75) is 143 Å². The summed E-state index contributed by atoms with van der Waals surface area (Å²) in [5.74, 6) is -6.28. The highest BCUT2D eigenvalue weighted by Gasteiger charge is 2.57. The van der Waals surface area contributed by atoms with E-state index in [2.05, 4.69) is 10.6 Å². The number of ether oxygens (including phenoxy) is 7. The number of carboxylic acids is 1. The number of aliphatic hydroxyl groups is 10. The summed E-state index contributed by atoms with van der Waals surface area (Å²) < 4.78 is 38.5. The predicted molar refractivity (Wildman–Crippen MR) is 209 cm³/mol. The maximum absolute atomic E-state index is 12.6. The summed E-state index contributed by atoms with van der Waals surface area (Å²) in [6.07, 6.45) is -26.1. The van der Waals surface area contributed by atoms with Crippen molar-refractivity contribution < 1.29 is 113 Å². The normalized spacial score (nSPS) is 33.6. The van der Waals surface area contributed by atoms with Crippen LogP contribution in [-0.2, 0) is 47.6 Å². The van der Waals surface area contributed by atoms with E-state index in [1.165, 1.54) is 24.3 Å². The average Bonchev–Trinajstić information content (AvgIpc) is 3.27. The summed E-state index contributed by atoms with van der Waals surface area (Å²) in [6, 6.07) is 3.46. The number of carboxylic acid groups (broad SMARTS) is 1. The lowest BCUT2D eigenvalue weighted by Gasteiger charge is -2.48. The minimum absolute atomic E-state index is 0.000503. The molecule has 27 heteroatoms. The number of nitrogens with zero attached hydrogens (tertiary/aromatic N) is 1. The maximum Gasteiger partial charge on any atom is 0.364 e. The Kier molecular flexibility index (Phi) is 20.2. The third-order valence-corrected chi connectivity index (χ3v) is 10.7. The summed E-state index contributed by atoms with van der Waals surface area (Å²) in [5, 5.41) is 131. The number of unbranched alkanes of at least 4 members (excludes halogenated alkanes) is 1. The molecule has 1 aromatic carbocycles. The Hall–Kier alpha value is -4.14. The molecule has 16 atom stereocenters. The number of nitro benzene ring substituents is 1. The zero-order valence-corrected chi connectivity index (χ0v) is 34.9. The van der Waals surface area contributed by atoms with Crippen LogP contribution in [-0.4, -0.2) is 215 Å². The summed E-state index contributed by atoms with van der Waals surface area (Å²) in [7, 11) is 0. The van der Waals surface area contributed by atoms with Crippen molar-refractivity contribution in [3.8, 4) is 5.75 Å². The molecule has 2 amide bonds. The molecule has 0 spiro atoms. The first-order valence-corrected chi connectivity index (χ1v) is 20.5. The molecule has 1 aromatic rings. The highest BCUT2D eigenvalue weighted by Crippen LogP contribution is 2.36. The molecule has 368 valence electrons. The van der Waals surface area contributed by atoms with Gasteiger partial charge in [0.05, 0.1) is 43.5 Å².